The van der Waals surface area contributed by atoms with Crippen LogP contribution >= 0.6 is 11.8 Å². The van der Waals surface area contributed by atoms with Crippen LogP contribution < -0.4 is 5.73 Å². The maximum Gasteiger partial charge on any atom is 0.433 e. The van der Waals surface area contributed by atoms with Gasteiger partial charge in [0, 0.05) is 11.3 Å². The molecule has 7 heteroatoms. The number of nitrogen functional groups attached to an aromatic ring is 1. The molecule has 19 heavy (non-hydrogen) atoms. The first kappa shape index (κ1) is 14.4. The van der Waals surface area contributed by atoms with E-state index >= 15 is 0 Å². The highest BCUT2D eigenvalue weighted by atomic mass is 32.2. The Bertz CT molecular complexity index is 450. The van der Waals surface area contributed by atoms with Gasteiger partial charge in [-0.2, -0.15) is 13.2 Å². The Hall–Kier alpha value is -0.980. The van der Waals surface area contributed by atoms with Gasteiger partial charge >= 0.3 is 6.18 Å². The van der Waals surface area contributed by atoms with E-state index < -0.39 is 11.9 Å². The lowest BCUT2D eigenvalue weighted by Gasteiger charge is -2.25. The van der Waals surface area contributed by atoms with Gasteiger partial charge in [-0.25, -0.2) is 9.97 Å². The lowest BCUT2D eigenvalue weighted by atomic mass is 9.91. The molecular formula is C12H16F3N3S. The van der Waals surface area contributed by atoms with Crippen molar-refractivity contribution in [3.8, 4) is 0 Å². The first-order valence-corrected chi connectivity index (χ1v) is 7.11. The largest absolute Gasteiger partial charge is 0.433 e. The molecule has 0 aromatic carbocycles. The van der Waals surface area contributed by atoms with Gasteiger partial charge in [-0.1, -0.05) is 19.8 Å². The van der Waals surface area contributed by atoms with Crippen molar-refractivity contribution in [3.63, 3.8) is 0 Å². The fourth-order valence-corrected chi connectivity index (χ4v) is 3.68. The molecule has 3 nitrogen and oxygen atoms in total. The van der Waals surface area contributed by atoms with Crippen LogP contribution in [0.5, 0.6) is 0 Å². The van der Waals surface area contributed by atoms with E-state index in [4.69, 9.17) is 5.73 Å². The van der Waals surface area contributed by atoms with Crippen molar-refractivity contribution in [3.05, 3.63) is 11.8 Å². The molecule has 0 aliphatic heterocycles. The fraction of sp³-hybridized carbons (Fsp3) is 0.667. The zero-order valence-electron chi connectivity index (χ0n) is 10.6. The van der Waals surface area contributed by atoms with Gasteiger partial charge in [0.25, 0.3) is 0 Å². The van der Waals surface area contributed by atoms with E-state index in [9.17, 15) is 13.2 Å². The minimum atomic E-state index is -4.48. The highest BCUT2D eigenvalue weighted by molar-refractivity contribution is 7.99. The SMILES string of the molecule is CC1CCCC(Sc2cc(C(F)(F)F)nc(N)n2)C1. The summed E-state index contributed by atoms with van der Waals surface area (Å²) in [6, 6.07) is 0.986. The van der Waals surface area contributed by atoms with Crippen LogP contribution in [-0.4, -0.2) is 15.2 Å². The minimum absolute atomic E-state index is 0.318. The number of hydrogen-bond acceptors (Lipinski definition) is 4. The second kappa shape index (κ2) is 5.56. The molecule has 1 heterocycles. The van der Waals surface area contributed by atoms with Crippen molar-refractivity contribution in [1.82, 2.24) is 9.97 Å². The van der Waals surface area contributed by atoms with Crippen molar-refractivity contribution < 1.29 is 13.2 Å². The fourth-order valence-electron chi connectivity index (χ4n) is 2.30. The molecule has 0 amide bonds. The first-order chi connectivity index (χ1) is 8.84. The van der Waals surface area contributed by atoms with Gasteiger partial charge in [-0.15, -0.1) is 11.8 Å². The van der Waals surface area contributed by atoms with Crippen LogP contribution in [0.25, 0.3) is 0 Å². The summed E-state index contributed by atoms with van der Waals surface area (Å²) in [7, 11) is 0. The van der Waals surface area contributed by atoms with Gasteiger partial charge in [-0.05, 0) is 18.8 Å². The number of anilines is 1. The van der Waals surface area contributed by atoms with E-state index in [1.54, 1.807) is 0 Å². The van der Waals surface area contributed by atoms with Crippen LogP contribution in [0.1, 0.15) is 38.3 Å². The van der Waals surface area contributed by atoms with Crippen LogP contribution in [-0.2, 0) is 6.18 Å². The van der Waals surface area contributed by atoms with Crippen LogP contribution in [0.4, 0.5) is 19.1 Å². The lowest BCUT2D eigenvalue weighted by molar-refractivity contribution is -0.141. The standard InChI is InChI=1S/C12H16F3N3S/c1-7-3-2-4-8(5-7)19-10-6-9(12(13,14)15)17-11(16)18-10/h6-8H,2-5H2,1H3,(H2,16,17,18). The van der Waals surface area contributed by atoms with Gasteiger partial charge < -0.3 is 5.73 Å². The Morgan fingerprint density at radius 2 is 2.05 bits per heavy atom. The molecule has 0 radical (unpaired) electrons. The Morgan fingerprint density at radius 3 is 2.68 bits per heavy atom. The number of halogens is 3. The third-order valence-electron chi connectivity index (χ3n) is 3.19. The smallest absolute Gasteiger partial charge is 0.368 e. The molecular weight excluding hydrogens is 275 g/mol. The van der Waals surface area contributed by atoms with Crippen LogP contribution in [0.2, 0.25) is 0 Å². The monoisotopic (exact) mass is 291 g/mol. The predicted molar refractivity (Wildman–Crippen MR) is 68.7 cm³/mol. The third-order valence-corrected chi connectivity index (χ3v) is 4.40. The van der Waals surface area contributed by atoms with E-state index in [1.807, 2.05) is 0 Å². The molecule has 0 saturated heterocycles. The summed E-state index contributed by atoms with van der Waals surface area (Å²) in [6.07, 6.45) is -0.148. The van der Waals surface area contributed by atoms with Crippen molar-refractivity contribution in [2.45, 2.75) is 49.1 Å². The van der Waals surface area contributed by atoms with E-state index in [2.05, 4.69) is 16.9 Å². The van der Waals surface area contributed by atoms with Crippen LogP contribution in [0, 0.1) is 5.92 Å². The number of hydrogen-bond donors (Lipinski definition) is 1. The van der Waals surface area contributed by atoms with E-state index in [0.717, 1.165) is 25.3 Å². The maximum atomic E-state index is 12.6. The normalized spacial score (nSPS) is 24.4. The van der Waals surface area contributed by atoms with Crippen molar-refractivity contribution >= 4 is 17.7 Å². The molecule has 1 aromatic rings. The summed E-state index contributed by atoms with van der Waals surface area (Å²) >= 11 is 1.38. The molecule has 2 N–H and O–H groups in total. The third kappa shape index (κ3) is 3.99. The molecule has 1 fully saturated rings. The molecule has 0 bridgehead atoms. The number of aromatic nitrogens is 2. The van der Waals surface area contributed by atoms with Crippen molar-refractivity contribution in [2.24, 2.45) is 5.92 Å². The quantitative estimate of drug-likeness (QED) is 0.843. The number of thioether (sulfide) groups is 1. The molecule has 2 atom stereocenters. The Labute approximate surface area is 114 Å². The topological polar surface area (TPSA) is 51.8 Å². The molecule has 2 rings (SSSR count). The second-order valence-corrected chi connectivity index (χ2v) is 6.28. The Balaban J connectivity index is 2.14. The molecule has 1 aliphatic carbocycles. The van der Waals surface area contributed by atoms with Gasteiger partial charge in [0.1, 0.15) is 5.03 Å². The summed E-state index contributed by atoms with van der Waals surface area (Å²) in [6.45, 7) is 2.17. The highest BCUT2D eigenvalue weighted by Crippen LogP contribution is 2.37. The predicted octanol–water partition coefficient (Wildman–Crippen LogP) is 3.75. The zero-order valence-corrected chi connectivity index (χ0v) is 11.4. The number of nitrogens with zero attached hydrogens (tertiary/aromatic N) is 2. The first-order valence-electron chi connectivity index (χ1n) is 6.23. The Kier molecular flexibility index (Phi) is 4.23. The molecule has 0 spiro atoms. The number of rotatable bonds is 2. The van der Waals surface area contributed by atoms with E-state index in [0.29, 0.717) is 16.2 Å². The maximum absolute atomic E-state index is 12.6. The second-order valence-electron chi connectivity index (χ2n) is 4.96. The molecule has 1 saturated carbocycles. The minimum Gasteiger partial charge on any atom is -0.368 e. The summed E-state index contributed by atoms with van der Waals surface area (Å²) in [5.41, 5.74) is 4.39. The summed E-state index contributed by atoms with van der Waals surface area (Å²) in [4.78, 5) is 7.14. The average Bonchev–Trinajstić information content (AvgIpc) is 2.26. The Morgan fingerprint density at radius 1 is 1.32 bits per heavy atom. The summed E-state index contributed by atoms with van der Waals surface area (Å²) < 4.78 is 37.9. The van der Waals surface area contributed by atoms with E-state index in [1.165, 1.54) is 18.2 Å². The van der Waals surface area contributed by atoms with Gasteiger partial charge in [0.15, 0.2) is 5.69 Å². The summed E-state index contributed by atoms with van der Waals surface area (Å²) in [5, 5.41) is 0.637. The zero-order chi connectivity index (χ0) is 14.0. The molecule has 106 valence electrons. The van der Waals surface area contributed by atoms with Gasteiger partial charge in [0.05, 0.1) is 0 Å². The molecule has 2 unspecified atom stereocenters. The van der Waals surface area contributed by atoms with Crippen LogP contribution in [0.15, 0.2) is 11.1 Å². The van der Waals surface area contributed by atoms with E-state index in [-0.39, 0.29) is 5.95 Å². The molecule has 1 aromatic heterocycles. The average molecular weight is 291 g/mol. The summed E-state index contributed by atoms with van der Waals surface area (Å²) in [5.74, 6) is 0.300. The van der Waals surface area contributed by atoms with Crippen LogP contribution in [0.3, 0.4) is 0 Å². The van der Waals surface area contributed by atoms with Gasteiger partial charge in [-0.3, -0.25) is 0 Å². The molecule has 1 aliphatic rings. The van der Waals surface area contributed by atoms with Crippen molar-refractivity contribution in [1.29, 1.82) is 0 Å². The lowest BCUT2D eigenvalue weighted by Crippen LogP contribution is -2.16. The van der Waals surface area contributed by atoms with Gasteiger partial charge in [0.2, 0.25) is 5.95 Å². The number of nitrogens with two attached hydrogens (primary N) is 1. The number of alkyl halides is 3. The van der Waals surface area contributed by atoms with Crippen molar-refractivity contribution in [2.75, 3.05) is 5.73 Å². The highest BCUT2D eigenvalue weighted by Gasteiger charge is 2.34.